The maximum absolute atomic E-state index is 12.4. The molecule has 21 heavy (non-hydrogen) atoms. The van der Waals surface area contributed by atoms with Crippen LogP contribution in [0.5, 0.6) is 0 Å². The summed E-state index contributed by atoms with van der Waals surface area (Å²) in [5, 5.41) is 3.62. The first-order valence-electron chi connectivity index (χ1n) is 8.72. The molecule has 0 amide bonds. The lowest BCUT2D eigenvalue weighted by atomic mass is 9.84. The second kappa shape index (κ2) is 6.66. The number of methoxy groups -OCH3 is 1. The fourth-order valence-corrected chi connectivity index (χ4v) is 4.19. The normalized spacial score (nSPS) is 33.5. The van der Waals surface area contributed by atoms with E-state index in [-0.39, 0.29) is 5.97 Å². The van der Waals surface area contributed by atoms with E-state index in [9.17, 15) is 4.79 Å². The molecule has 4 nitrogen and oxygen atoms in total. The van der Waals surface area contributed by atoms with E-state index >= 15 is 0 Å². The van der Waals surface area contributed by atoms with Crippen LogP contribution in [-0.4, -0.2) is 37.4 Å². The van der Waals surface area contributed by atoms with Crippen LogP contribution in [-0.2, 0) is 14.3 Å². The molecule has 0 spiro atoms. The summed E-state index contributed by atoms with van der Waals surface area (Å²) in [7, 11) is 1.52. The predicted octanol–water partition coefficient (Wildman–Crippen LogP) is 2.80. The predicted molar refractivity (Wildman–Crippen MR) is 81.1 cm³/mol. The van der Waals surface area contributed by atoms with Crippen molar-refractivity contribution in [1.29, 1.82) is 0 Å². The van der Waals surface area contributed by atoms with Gasteiger partial charge in [0.2, 0.25) is 0 Å². The summed E-state index contributed by atoms with van der Waals surface area (Å²) in [6.07, 6.45) is 12.0. The second-order valence-corrected chi connectivity index (χ2v) is 7.04. The molecule has 1 N–H and O–H groups in total. The van der Waals surface area contributed by atoms with Gasteiger partial charge in [-0.25, -0.2) is 0 Å². The van der Waals surface area contributed by atoms with Gasteiger partial charge in [-0.15, -0.1) is 0 Å². The maximum Gasteiger partial charge on any atom is 0.326 e. The van der Waals surface area contributed by atoms with Crippen LogP contribution in [0.2, 0.25) is 0 Å². The van der Waals surface area contributed by atoms with E-state index in [4.69, 9.17) is 9.47 Å². The maximum atomic E-state index is 12.4. The summed E-state index contributed by atoms with van der Waals surface area (Å²) >= 11 is 0. The molecule has 2 atom stereocenters. The minimum atomic E-state index is -0.436. The highest BCUT2D eigenvalue weighted by molar-refractivity contribution is 5.81. The summed E-state index contributed by atoms with van der Waals surface area (Å²) in [6.45, 7) is 0.792. The van der Waals surface area contributed by atoms with Crippen molar-refractivity contribution in [2.45, 2.75) is 81.9 Å². The SMILES string of the molecule is COC(=O)C1(NC2CC2)CCCC1CCOC1CCCC1. The molecular weight excluding hydrogens is 266 g/mol. The van der Waals surface area contributed by atoms with E-state index in [2.05, 4.69) is 5.32 Å². The molecule has 3 rings (SSSR count). The molecule has 3 aliphatic carbocycles. The Morgan fingerprint density at radius 2 is 1.90 bits per heavy atom. The molecule has 3 fully saturated rings. The molecule has 4 heteroatoms. The molecule has 0 bridgehead atoms. The van der Waals surface area contributed by atoms with Crippen molar-refractivity contribution in [3.8, 4) is 0 Å². The van der Waals surface area contributed by atoms with E-state index in [0.29, 0.717) is 18.1 Å². The average Bonchev–Trinajstić information content (AvgIpc) is 2.99. The Kier molecular flexibility index (Phi) is 4.85. The topological polar surface area (TPSA) is 47.6 Å². The molecule has 2 unspecified atom stereocenters. The summed E-state index contributed by atoms with van der Waals surface area (Å²) in [5.41, 5.74) is -0.436. The molecule has 0 aromatic carbocycles. The zero-order chi connectivity index (χ0) is 14.7. The Bertz CT molecular complexity index is 363. The molecule has 0 saturated heterocycles. The third-order valence-electron chi connectivity index (χ3n) is 5.53. The average molecular weight is 295 g/mol. The third-order valence-corrected chi connectivity index (χ3v) is 5.53. The fraction of sp³-hybridized carbons (Fsp3) is 0.941. The Labute approximate surface area is 127 Å². The smallest absolute Gasteiger partial charge is 0.326 e. The van der Waals surface area contributed by atoms with Gasteiger partial charge in [0.25, 0.3) is 0 Å². The van der Waals surface area contributed by atoms with Gasteiger partial charge >= 0.3 is 5.97 Å². The van der Waals surface area contributed by atoms with Gasteiger partial charge < -0.3 is 9.47 Å². The number of rotatable bonds is 7. The van der Waals surface area contributed by atoms with Crippen molar-refractivity contribution in [3.63, 3.8) is 0 Å². The van der Waals surface area contributed by atoms with Crippen molar-refractivity contribution in [2.24, 2.45) is 5.92 Å². The Morgan fingerprint density at radius 1 is 1.14 bits per heavy atom. The molecule has 0 aromatic rings. The third kappa shape index (κ3) is 3.42. The van der Waals surface area contributed by atoms with Gasteiger partial charge in [0.05, 0.1) is 13.2 Å². The van der Waals surface area contributed by atoms with Crippen LogP contribution in [0.15, 0.2) is 0 Å². The minimum absolute atomic E-state index is 0.0576. The summed E-state index contributed by atoms with van der Waals surface area (Å²) in [5.74, 6) is 0.310. The lowest BCUT2D eigenvalue weighted by Gasteiger charge is -2.34. The van der Waals surface area contributed by atoms with Gasteiger partial charge in [-0.2, -0.15) is 0 Å². The zero-order valence-corrected chi connectivity index (χ0v) is 13.2. The van der Waals surface area contributed by atoms with Crippen molar-refractivity contribution < 1.29 is 14.3 Å². The number of hydrogen-bond acceptors (Lipinski definition) is 4. The van der Waals surface area contributed by atoms with E-state index < -0.39 is 5.54 Å². The monoisotopic (exact) mass is 295 g/mol. The number of hydrogen-bond donors (Lipinski definition) is 1. The van der Waals surface area contributed by atoms with Crippen LogP contribution in [0.3, 0.4) is 0 Å². The molecule has 3 saturated carbocycles. The molecule has 0 aromatic heterocycles. The van der Waals surface area contributed by atoms with Gasteiger partial charge in [-0.05, 0) is 50.9 Å². The van der Waals surface area contributed by atoms with Crippen LogP contribution in [0.25, 0.3) is 0 Å². The Hall–Kier alpha value is -0.610. The molecule has 0 aliphatic heterocycles. The quantitative estimate of drug-likeness (QED) is 0.734. The molecule has 120 valence electrons. The molecule has 0 heterocycles. The van der Waals surface area contributed by atoms with Crippen molar-refractivity contribution in [1.82, 2.24) is 5.32 Å². The van der Waals surface area contributed by atoms with Crippen LogP contribution in [0.1, 0.15) is 64.2 Å². The first kappa shape index (κ1) is 15.3. The number of esters is 1. The van der Waals surface area contributed by atoms with Gasteiger partial charge in [-0.1, -0.05) is 19.3 Å². The highest BCUT2D eigenvalue weighted by atomic mass is 16.5. The van der Waals surface area contributed by atoms with Crippen molar-refractivity contribution in [2.75, 3.05) is 13.7 Å². The minimum Gasteiger partial charge on any atom is -0.468 e. The van der Waals surface area contributed by atoms with Crippen LogP contribution in [0.4, 0.5) is 0 Å². The van der Waals surface area contributed by atoms with Crippen LogP contribution < -0.4 is 5.32 Å². The van der Waals surface area contributed by atoms with E-state index in [1.54, 1.807) is 0 Å². The van der Waals surface area contributed by atoms with Gasteiger partial charge in [-0.3, -0.25) is 10.1 Å². The van der Waals surface area contributed by atoms with Crippen molar-refractivity contribution in [3.05, 3.63) is 0 Å². The number of carbonyl (C=O) groups excluding carboxylic acids is 1. The molecule has 0 radical (unpaired) electrons. The number of nitrogens with one attached hydrogen (secondary N) is 1. The van der Waals surface area contributed by atoms with Gasteiger partial charge in [0.15, 0.2) is 0 Å². The first-order chi connectivity index (χ1) is 10.2. The largest absolute Gasteiger partial charge is 0.468 e. The lowest BCUT2D eigenvalue weighted by Crippen LogP contribution is -2.56. The summed E-state index contributed by atoms with van der Waals surface area (Å²) in [4.78, 5) is 12.4. The summed E-state index contributed by atoms with van der Waals surface area (Å²) in [6, 6.07) is 0.528. The van der Waals surface area contributed by atoms with E-state index in [1.807, 2.05) is 0 Å². The fourth-order valence-electron chi connectivity index (χ4n) is 4.19. The highest BCUT2D eigenvalue weighted by Gasteiger charge is 2.51. The second-order valence-electron chi connectivity index (χ2n) is 7.04. The standard InChI is InChI=1S/C17H29NO3/c1-20-16(19)17(18-14-8-9-14)11-4-5-13(17)10-12-21-15-6-2-3-7-15/h13-15,18H,2-12H2,1H3. The number of ether oxygens (including phenoxy) is 2. The highest BCUT2D eigenvalue weighted by Crippen LogP contribution is 2.41. The first-order valence-corrected chi connectivity index (χ1v) is 8.72. The van der Waals surface area contributed by atoms with Crippen LogP contribution in [0, 0.1) is 5.92 Å². The van der Waals surface area contributed by atoms with Crippen LogP contribution >= 0.6 is 0 Å². The zero-order valence-electron chi connectivity index (χ0n) is 13.2. The number of carbonyl (C=O) groups is 1. The Balaban J connectivity index is 1.56. The molecule has 3 aliphatic rings. The van der Waals surface area contributed by atoms with E-state index in [0.717, 1.165) is 32.3 Å². The Morgan fingerprint density at radius 3 is 2.57 bits per heavy atom. The van der Waals surface area contributed by atoms with Gasteiger partial charge in [0, 0.05) is 12.6 Å². The molecular formula is C17H29NO3. The van der Waals surface area contributed by atoms with Gasteiger partial charge in [0.1, 0.15) is 5.54 Å². The van der Waals surface area contributed by atoms with E-state index in [1.165, 1.54) is 45.6 Å². The summed E-state index contributed by atoms with van der Waals surface area (Å²) < 4.78 is 11.1. The van der Waals surface area contributed by atoms with Crippen molar-refractivity contribution >= 4 is 5.97 Å². The lowest BCUT2D eigenvalue weighted by molar-refractivity contribution is -0.151.